The fourth-order valence-corrected chi connectivity index (χ4v) is 1.89. The molecule has 1 heterocycles. The van der Waals surface area contributed by atoms with E-state index in [4.69, 9.17) is 5.73 Å². The van der Waals surface area contributed by atoms with E-state index in [1.165, 1.54) is 0 Å². The van der Waals surface area contributed by atoms with Crippen LogP contribution < -0.4 is 10.6 Å². The summed E-state index contributed by atoms with van der Waals surface area (Å²) in [4.78, 5) is 11.0. The molecule has 1 rings (SSSR count). The van der Waals surface area contributed by atoms with Gasteiger partial charge < -0.3 is 10.6 Å². The Kier molecular flexibility index (Phi) is 4.87. The molecule has 17 heavy (non-hydrogen) atoms. The number of rotatable bonds is 5. The molecule has 2 N–H and O–H groups in total. The smallest absolute Gasteiger partial charge is 0.225 e. The molecule has 0 radical (unpaired) electrons. The standard InChI is InChI=1S/C13H24N4/c1-9(2)6-10(3)17(5)13-15-8-12(7-14)11(4)16-13/h8-10H,6-7,14H2,1-5H3. The average Bonchev–Trinajstić information content (AvgIpc) is 2.27. The Bertz CT molecular complexity index is 362. The summed E-state index contributed by atoms with van der Waals surface area (Å²) in [5.41, 5.74) is 7.59. The molecule has 0 spiro atoms. The van der Waals surface area contributed by atoms with Crippen molar-refractivity contribution < 1.29 is 0 Å². The van der Waals surface area contributed by atoms with E-state index in [-0.39, 0.29) is 0 Å². The van der Waals surface area contributed by atoms with Crippen molar-refractivity contribution in [3.05, 3.63) is 17.5 Å². The molecular weight excluding hydrogens is 212 g/mol. The normalized spacial score (nSPS) is 12.9. The molecule has 0 bridgehead atoms. The van der Waals surface area contributed by atoms with Crippen molar-refractivity contribution in [2.75, 3.05) is 11.9 Å². The first kappa shape index (κ1) is 13.9. The van der Waals surface area contributed by atoms with Crippen LogP contribution in [0.2, 0.25) is 0 Å². The van der Waals surface area contributed by atoms with Crippen molar-refractivity contribution in [3.8, 4) is 0 Å². The van der Waals surface area contributed by atoms with Crippen molar-refractivity contribution in [1.29, 1.82) is 0 Å². The minimum absolute atomic E-state index is 0.443. The Morgan fingerprint density at radius 3 is 2.47 bits per heavy atom. The van der Waals surface area contributed by atoms with Crippen LogP contribution in [-0.4, -0.2) is 23.1 Å². The van der Waals surface area contributed by atoms with E-state index in [1.54, 1.807) is 0 Å². The fraction of sp³-hybridized carbons (Fsp3) is 0.692. The van der Waals surface area contributed by atoms with Crippen molar-refractivity contribution >= 4 is 5.95 Å². The largest absolute Gasteiger partial charge is 0.341 e. The lowest BCUT2D eigenvalue weighted by Crippen LogP contribution is -2.31. The van der Waals surface area contributed by atoms with Crippen LogP contribution in [-0.2, 0) is 6.54 Å². The summed E-state index contributed by atoms with van der Waals surface area (Å²) in [5, 5.41) is 0. The maximum atomic E-state index is 5.61. The Balaban J connectivity index is 2.82. The Hall–Kier alpha value is -1.16. The molecule has 4 nitrogen and oxygen atoms in total. The third-order valence-corrected chi connectivity index (χ3v) is 3.08. The second kappa shape index (κ2) is 5.96. The Labute approximate surface area is 104 Å². The van der Waals surface area contributed by atoms with Crippen molar-refractivity contribution in [2.45, 2.75) is 46.7 Å². The van der Waals surface area contributed by atoms with Crippen molar-refractivity contribution in [1.82, 2.24) is 9.97 Å². The maximum Gasteiger partial charge on any atom is 0.225 e. The molecule has 4 heteroatoms. The number of aromatic nitrogens is 2. The first-order valence-electron chi connectivity index (χ1n) is 6.21. The molecule has 0 saturated heterocycles. The predicted octanol–water partition coefficient (Wildman–Crippen LogP) is 2.11. The molecule has 1 aromatic heterocycles. The van der Waals surface area contributed by atoms with E-state index in [2.05, 4.69) is 35.6 Å². The monoisotopic (exact) mass is 236 g/mol. The molecule has 0 aromatic carbocycles. The summed E-state index contributed by atoms with van der Waals surface area (Å²) >= 11 is 0. The number of hydrogen-bond donors (Lipinski definition) is 1. The summed E-state index contributed by atoms with van der Waals surface area (Å²) in [6.45, 7) is 9.14. The first-order valence-corrected chi connectivity index (χ1v) is 6.21. The molecule has 1 aromatic rings. The van der Waals surface area contributed by atoms with Crippen LogP contribution in [0.1, 0.15) is 38.4 Å². The Morgan fingerprint density at radius 2 is 2.00 bits per heavy atom. The molecule has 0 aliphatic rings. The number of hydrogen-bond acceptors (Lipinski definition) is 4. The van der Waals surface area contributed by atoms with Gasteiger partial charge in [0.2, 0.25) is 5.95 Å². The van der Waals surface area contributed by atoms with E-state index in [9.17, 15) is 0 Å². The molecular formula is C13H24N4. The Morgan fingerprint density at radius 1 is 1.35 bits per heavy atom. The van der Waals surface area contributed by atoms with Gasteiger partial charge in [0.1, 0.15) is 0 Å². The first-order chi connectivity index (χ1) is 7.95. The molecule has 0 amide bonds. The van der Waals surface area contributed by atoms with Crippen LogP contribution >= 0.6 is 0 Å². The third-order valence-electron chi connectivity index (χ3n) is 3.08. The van der Waals surface area contributed by atoms with E-state index >= 15 is 0 Å². The zero-order valence-corrected chi connectivity index (χ0v) is 11.6. The van der Waals surface area contributed by atoms with Gasteiger partial charge in [-0.25, -0.2) is 9.97 Å². The van der Waals surface area contributed by atoms with E-state index < -0.39 is 0 Å². The number of nitrogens with zero attached hydrogens (tertiary/aromatic N) is 3. The van der Waals surface area contributed by atoms with Crippen LogP contribution in [0.3, 0.4) is 0 Å². The van der Waals surface area contributed by atoms with E-state index in [0.717, 1.165) is 23.6 Å². The minimum Gasteiger partial charge on any atom is -0.341 e. The minimum atomic E-state index is 0.443. The summed E-state index contributed by atoms with van der Waals surface area (Å²) < 4.78 is 0. The predicted molar refractivity (Wildman–Crippen MR) is 72.0 cm³/mol. The summed E-state index contributed by atoms with van der Waals surface area (Å²) in [6, 6.07) is 0.443. The van der Waals surface area contributed by atoms with Crippen LogP contribution in [0.5, 0.6) is 0 Å². The van der Waals surface area contributed by atoms with Gasteiger partial charge in [-0.15, -0.1) is 0 Å². The molecule has 0 aliphatic carbocycles. The van der Waals surface area contributed by atoms with Gasteiger partial charge in [-0.1, -0.05) is 13.8 Å². The second-order valence-electron chi connectivity index (χ2n) is 5.07. The summed E-state index contributed by atoms with van der Waals surface area (Å²) in [6.07, 6.45) is 2.97. The van der Waals surface area contributed by atoms with Crippen LogP contribution in [0.4, 0.5) is 5.95 Å². The van der Waals surface area contributed by atoms with Gasteiger partial charge in [0.05, 0.1) is 0 Å². The van der Waals surface area contributed by atoms with Gasteiger partial charge in [-0.2, -0.15) is 0 Å². The molecule has 1 atom stereocenters. The number of nitrogens with two attached hydrogens (primary N) is 1. The summed E-state index contributed by atoms with van der Waals surface area (Å²) in [5.74, 6) is 1.46. The van der Waals surface area contributed by atoms with Crippen LogP contribution in [0, 0.1) is 12.8 Å². The van der Waals surface area contributed by atoms with E-state index in [0.29, 0.717) is 18.5 Å². The zero-order chi connectivity index (χ0) is 13.0. The van der Waals surface area contributed by atoms with Gasteiger partial charge in [0.15, 0.2) is 0 Å². The molecule has 1 unspecified atom stereocenters. The highest BCUT2D eigenvalue weighted by Crippen LogP contribution is 2.16. The second-order valence-corrected chi connectivity index (χ2v) is 5.07. The van der Waals surface area contributed by atoms with E-state index in [1.807, 2.05) is 20.2 Å². The van der Waals surface area contributed by atoms with Crippen molar-refractivity contribution in [3.63, 3.8) is 0 Å². The van der Waals surface area contributed by atoms with Crippen LogP contribution in [0.15, 0.2) is 6.20 Å². The van der Waals surface area contributed by atoms with Crippen LogP contribution in [0.25, 0.3) is 0 Å². The molecule has 96 valence electrons. The topological polar surface area (TPSA) is 55.0 Å². The van der Waals surface area contributed by atoms with Gasteiger partial charge in [-0.3, -0.25) is 0 Å². The lowest BCUT2D eigenvalue weighted by atomic mass is 10.0. The highest BCUT2D eigenvalue weighted by Gasteiger charge is 2.14. The molecule has 0 aliphatic heterocycles. The quantitative estimate of drug-likeness (QED) is 0.850. The van der Waals surface area contributed by atoms with Gasteiger partial charge in [0.25, 0.3) is 0 Å². The third kappa shape index (κ3) is 3.66. The lowest BCUT2D eigenvalue weighted by Gasteiger charge is -2.26. The summed E-state index contributed by atoms with van der Waals surface area (Å²) in [7, 11) is 2.05. The van der Waals surface area contributed by atoms with Gasteiger partial charge >= 0.3 is 0 Å². The average molecular weight is 236 g/mol. The fourth-order valence-electron chi connectivity index (χ4n) is 1.89. The highest BCUT2D eigenvalue weighted by molar-refractivity contribution is 5.32. The SMILES string of the molecule is Cc1nc(N(C)C(C)CC(C)C)ncc1CN. The van der Waals surface area contributed by atoms with Gasteiger partial charge in [0, 0.05) is 37.1 Å². The highest BCUT2D eigenvalue weighted by atomic mass is 15.2. The molecule has 0 fully saturated rings. The maximum absolute atomic E-state index is 5.61. The number of anilines is 1. The molecule has 0 saturated carbocycles. The number of aryl methyl sites for hydroxylation is 1. The van der Waals surface area contributed by atoms with Crippen molar-refractivity contribution in [2.24, 2.45) is 11.7 Å². The van der Waals surface area contributed by atoms with Gasteiger partial charge in [-0.05, 0) is 26.2 Å². The zero-order valence-electron chi connectivity index (χ0n) is 11.6. The lowest BCUT2D eigenvalue weighted by molar-refractivity contribution is 0.499.